The molecule has 0 aliphatic carbocycles. The van der Waals surface area contributed by atoms with E-state index in [2.05, 4.69) is 15.3 Å². The lowest BCUT2D eigenvalue weighted by molar-refractivity contribution is 0.0951. The molecule has 112 valence electrons. The zero-order chi connectivity index (χ0) is 15.0. The Kier molecular flexibility index (Phi) is 7.94. The van der Waals surface area contributed by atoms with Gasteiger partial charge in [-0.15, -0.1) is 11.8 Å². The molecule has 1 rings (SSSR count). The lowest BCUT2D eigenvalue weighted by Gasteiger charge is -2.11. The summed E-state index contributed by atoms with van der Waals surface area (Å²) >= 11 is 3.18. The van der Waals surface area contributed by atoms with Crippen LogP contribution in [0.5, 0.6) is 0 Å². The number of nitrogens with zero attached hydrogens (tertiary/aromatic N) is 2. The number of carbonyl (C=O) groups excluding carboxylic acids is 1. The molecule has 1 aromatic rings. The first-order valence-corrected chi connectivity index (χ1v) is 8.84. The molecule has 0 saturated heterocycles. The van der Waals surface area contributed by atoms with Crippen LogP contribution in [0.2, 0.25) is 0 Å². The van der Waals surface area contributed by atoms with Gasteiger partial charge in [0, 0.05) is 18.9 Å². The van der Waals surface area contributed by atoms with E-state index in [4.69, 9.17) is 5.11 Å². The summed E-state index contributed by atoms with van der Waals surface area (Å²) in [5.41, 5.74) is 1.29. The van der Waals surface area contributed by atoms with E-state index < -0.39 is 0 Å². The van der Waals surface area contributed by atoms with Gasteiger partial charge in [0.25, 0.3) is 5.91 Å². The second kappa shape index (κ2) is 9.20. The molecule has 0 aliphatic rings. The number of amides is 1. The van der Waals surface area contributed by atoms with Crippen molar-refractivity contribution in [3.63, 3.8) is 0 Å². The van der Waals surface area contributed by atoms with E-state index >= 15 is 0 Å². The fourth-order valence-corrected chi connectivity index (χ4v) is 3.14. The van der Waals surface area contributed by atoms with Crippen LogP contribution in [0.25, 0.3) is 0 Å². The van der Waals surface area contributed by atoms with Gasteiger partial charge in [-0.3, -0.25) is 4.79 Å². The van der Waals surface area contributed by atoms with Crippen LogP contribution in [0.4, 0.5) is 0 Å². The molecule has 0 spiro atoms. The summed E-state index contributed by atoms with van der Waals surface area (Å²) in [6, 6.07) is 0. The summed E-state index contributed by atoms with van der Waals surface area (Å²) in [4.78, 5) is 20.7. The van der Waals surface area contributed by atoms with Gasteiger partial charge >= 0.3 is 0 Å². The number of aliphatic hydroxyl groups is 1. The van der Waals surface area contributed by atoms with Crippen molar-refractivity contribution in [3.05, 3.63) is 17.1 Å². The second-order valence-corrected chi connectivity index (χ2v) is 6.21. The van der Waals surface area contributed by atoms with Gasteiger partial charge in [-0.05, 0) is 32.3 Å². The summed E-state index contributed by atoms with van der Waals surface area (Å²) < 4.78 is 0. The highest BCUT2D eigenvalue weighted by molar-refractivity contribution is 7.99. The van der Waals surface area contributed by atoms with Gasteiger partial charge in [-0.2, -0.15) is 11.8 Å². The Balaban J connectivity index is 2.55. The van der Waals surface area contributed by atoms with Gasteiger partial charge < -0.3 is 10.4 Å². The van der Waals surface area contributed by atoms with E-state index in [1.807, 2.05) is 20.1 Å². The second-order valence-electron chi connectivity index (χ2n) is 4.19. The predicted octanol–water partition coefficient (Wildman–Crippen LogP) is 1.66. The molecule has 2 N–H and O–H groups in total. The Morgan fingerprint density at radius 3 is 2.70 bits per heavy atom. The van der Waals surface area contributed by atoms with Gasteiger partial charge in [0.15, 0.2) is 0 Å². The predicted molar refractivity (Wildman–Crippen MR) is 84.6 cm³/mol. The minimum atomic E-state index is -0.116. The first kappa shape index (κ1) is 17.3. The molecule has 1 amide bonds. The van der Waals surface area contributed by atoms with Crippen molar-refractivity contribution in [2.75, 3.05) is 30.9 Å². The molecule has 0 atom stereocenters. The number of aliphatic hydroxyl groups excluding tert-OH is 1. The van der Waals surface area contributed by atoms with Crippen LogP contribution in [0.1, 0.15) is 28.3 Å². The van der Waals surface area contributed by atoms with E-state index in [-0.39, 0.29) is 12.5 Å². The van der Waals surface area contributed by atoms with Crippen LogP contribution in [-0.2, 0) is 0 Å². The number of hydrogen-bond donors (Lipinski definition) is 2. The molecule has 1 aromatic heterocycles. The van der Waals surface area contributed by atoms with E-state index in [0.29, 0.717) is 23.6 Å². The highest BCUT2D eigenvalue weighted by Crippen LogP contribution is 2.20. The number of rotatable bonds is 8. The average Bonchev–Trinajstić information content (AvgIpc) is 2.41. The third-order valence-electron chi connectivity index (χ3n) is 2.57. The molecule has 0 fully saturated rings. The zero-order valence-corrected chi connectivity index (χ0v) is 13.7. The van der Waals surface area contributed by atoms with E-state index in [0.717, 1.165) is 23.0 Å². The molecule has 0 aromatic carbocycles. The van der Waals surface area contributed by atoms with Crippen molar-refractivity contribution >= 4 is 29.4 Å². The topological polar surface area (TPSA) is 75.1 Å². The van der Waals surface area contributed by atoms with Gasteiger partial charge in [-0.1, -0.05) is 0 Å². The number of aromatic nitrogens is 2. The highest BCUT2D eigenvalue weighted by atomic mass is 32.2. The van der Waals surface area contributed by atoms with Crippen LogP contribution in [-0.4, -0.2) is 51.9 Å². The quantitative estimate of drug-likeness (QED) is 0.432. The van der Waals surface area contributed by atoms with Crippen molar-refractivity contribution in [2.45, 2.75) is 25.3 Å². The molecule has 20 heavy (non-hydrogen) atoms. The standard InChI is InChI=1S/C13H21N3O2S2/c1-9-11(13(19-3)16-10(2)15-9)12(18)14-5-8-20-7-4-6-17/h17H,4-8H2,1-3H3,(H,14,18). The summed E-state index contributed by atoms with van der Waals surface area (Å²) in [6.45, 7) is 4.48. The van der Waals surface area contributed by atoms with E-state index in [1.165, 1.54) is 11.8 Å². The molecule has 0 radical (unpaired) electrons. The van der Waals surface area contributed by atoms with Gasteiger partial charge in [-0.25, -0.2) is 9.97 Å². The molecule has 0 aliphatic heterocycles. The Labute approximate surface area is 128 Å². The van der Waals surface area contributed by atoms with Crippen molar-refractivity contribution in [2.24, 2.45) is 0 Å². The third-order valence-corrected chi connectivity index (χ3v) is 4.32. The summed E-state index contributed by atoms with van der Waals surface area (Å²) in [7, 11) is 0. The molecule has 5 nitrogen and oxygen atoms in total. The minimum absolute atomic E-state index is 0.116. The summed E-state index contributed by atoms with van der Waals surface area (Å²) in [5.74, 6) is 2.32. The average molecular weight is 315 g/mol. The Bertz CT molecular complexity index is 455. The molecule has 7 heteroatoms. The lowest BCUT2D eigenvalue weighted by Crippen LogP contribution is -2.28. The first-order valence-electron chi connectivity index (χ1n) is 6.46. The Hall–Kier alpha value is -0.790. The van der Waals surface area contributed by atoms with Crippen LogP contribution < -0.4 is 5.32 Å². The van der Waals surface area contributed by atoms with Gasteiger partial charge in [0.05, 0.1) is 11.3 Å². The normalized spacial score (nSPS) is 10.6. The first-order chi connectivity index (χ1) is 9.60. The molecule has 0 saturated carbocycles. The van der Waals surface area contributed by atoms with Crippen molar-refractivity contribution in [1.29, 1.82) is 0 Å². The largest absolute Gasteiger partial charge is 0.396 e. The van der Waals surface area contributed by atoms with Crippen LogP contribution in [0, 0.1) is 13.8 Å². The smallest absolute Gasteiger partial charge is 0.255 e. The van der Waals surface area contributed by atoms with Crippen LogP contribution >= 0.6 is 23.5 Å². The highest BCUT2D eigenvalue weighted by Gasteiger charge is 2.16. The van der Waals surface area contributed by atoms with Crippen molar-refractivity contribution in [3.8, 4) is 0 Å². The van der Waals surface area contributed by atoms with Gasteiger partial charge in [0.2, 0.25) is 0 Å². The Morgan fingerprint density at radius 1 is 1.30 bits per heavy atom. The monoisotopic (exact) mass is 315 g/mol. The minimum Gasteiger partial charge on any atom is -0.396 e. The van der Waals surface area contributed by atoms with Crippen LogP contribution in [0.3, 0.4) is 0 Å². The Morgan fingerprint density at radius 2 is 2.05 bits per heavy atom. The molecular formula is C13H21N3O2S2. The summed E-state index contributed by atoms with van der Waals surface area (Å²) in [5, 5.41) is 12.3. The maximum Gasteiger partial charge on any atom is 0.255 e. The fourth-order valence-electron chi connectivity index (χ4n) is 1.68. The van der Waals surface area contributed by atoms with Crippen molar-refractivity contribution in [1.82, 2.24) is 15.3 Å². The molecule has 0 unspecified atom stereocenters. The molecule has 0 bridgehead atoms. The number of aryl methyl sites for hydroxylation is 2. The van der Waals surface area contributed by atoms with Crippen LogP contribution in [0.15, 0.2) is 5.03 Å². The maximum absolute atomic E-state index is 12.2. The van der Waals surface area contributed by atoms with Gasteiger partial charge in [0.1, 0.15) is 10.9 Å². The van der Waals surface area contributed by atoms with Crippen molar-refractivity contribution < 1.29 is 9.90 Å². The molecule has 1 heterocycles. The lowest BCUT2D eigenvalue weighted by atomic mass is 10.2. The number of nitrogens with one attached hydrogen (secondary N) is 1. The van der Waals surface area contributed by atoms with E-state index in [9.17, 15) is 4.79 Å². The molecular weight excluding hydrogens is 294 g/mol. The number of thioether (sulfide) groups is 2. The SMILES string of the molecule is CSc1nc(C)nc(C)c1C(=O)NCCSCCCO. The number of hydrogen-bond acceptors (Lipinski definition) is 6. The maximum atomic E-state index is 12.2. The fraction of sp³-hybridized carbons (Fsp3) is 0.615. The number of carbonyl (C=O) groups is 1. The van der Waals surface area contributed by atoms with E-state index in [1.54, 1.807) is 11.8 Å². The third kappa shape index (κ3) is 5.30. The zero-order valence-electron chi connectivity index (χ0n) is 12.1. The summed E-state index contributed by atoms with van der Waals surface area (Å²) in [6.07, 6.45) is 2.70.